The van der Waals surface area contributed by atoms with Crippen LogP contribution in [0.15, 0.2) is 12.1 Å². The maximum atomic E-state index is 14.6. The van der Waals surface area contributed by atoms with Gasteiger partial charge in [-0.3, -0.25) is 4.79 Å². The summed E-state index contributed by atoms with van der Waals surface area (Å²) < 4.78 is 20.5. The first-order chi connectivity index (χ1) is 11.2. The first-order valence-corrected chi connectivity index (χ1v) is 8.66. The summed E-state index contributed by atoms with van der Waals surface area (Å²) in [6.07, 6.45) is 5.28. The Bertz CT molecular complexity index is 570. The van der Waals surface area contributed by atoms with Gasteiger partial charge in [0.2, 0.25) is 0 Å². The van der Waals surface area contributed by atoms with Crippen molar-refractivity contribution >= 4 is 11.6 Å². The van der Waals surface area contributed by atoms with Gasteiger partial charge >= 0.3 is 0 Å². The molecule has 1 saturated carbocycles. The van der Waals surface area contributed by atoms with Crippen LogP contribution < -0.4 is 10.6 Å². The summed E-state index contributed by atoms with van der Waals surface area (Å²) in [4.78, 5) is 12.4. The van der Waals surface area contributed by atoms with E-state index >= 15 is 0 Å². The molecule has 2 N–H and O–H groups in total. The third-order valence-corrected chi connectivity index (χ3v) is 4.79. The number of ether oxygens (including phenoxy) is 1. The number of halogens is 1. The third kappa shape index (κ3) is 3.72. The minimum Gasteiger partial charge on any atom is -0.365 e. The lowest BCUT2D eigenvalue weighted by molar-refractivity contribution is -0.131. The largest absolute Gasteiger partial charge is 0.365 e. The number of rotatable bonds is 5. The molecule has 126 valence electrons. The van der Waals surface area contributed by atoms with Gasteiger partial charge in [-0.15, -0.1) is 0 Å². The predicted molar refractivity (Wildman–Crippen MR) is 87.9 cm³/mol. The quantitative estimate of drug-likeness (QED) is 0.876. The van der Waals surface area contributed by atoms with Crippen molar-refractivity contribution in [2.24, 2.45) is 0 Å². The van der Waals surface area contributed by atoms with Crippen molar-refractivity contribution < 1.29 is 13.9 Å². The normalized spacial score (nSPS) is 19.4. The molecule has 0 saturated heterocycles. The molecule has 0 radical (unpaired) electrons. The number of hydrogen-bond acceptors (Lipinski definition) is 3. The van der Waals surface area contributed by atoms with Crippen LogP contribution in [0.3, 0.4) is 0 Å². The van der Waals surface area contributed by atoms with E-state index < -0.39 is 6.10 Å². The smallest absolute Gasteiger partial charge is 0.253 e. The third-order valence-electron chi connectivity index (χ3n) is 4.79. The number of hydrogen-bond donors (Lipinski definition) is 2. The van der Waals surface area contributed by atoms with E-state index in [0.29, 0.717) is 24.9 Å². The highest BCUT2D eigenvalue weighted by Crippen LogP contribution is 2.26. The van der Waals surface area contributed by atoms with E-state index in [-0.39, 0.29) is 23.5 Å². The molecule has 1 aromatic rings. The van der Waals surface area contributed by atoms with Crippen LogP contribution in [-0.2, 0) is 22.5 Å². The van der Waals surface area contributed by atoms with Crippen LogP contribution >= 0.6 is 0 Å². The van der Waals surface area contributed by atoms with Crippen molar-refractivity contribution in [3.63, 3.8) is 0 Å². The van der Waals surface area contributed by atoms with Gasteiger partial charge in [-0.25, -0.2) is 4.39 Å². The number of carbonyl (C=O) groups excluding carboxylic acids is 1. The van der Waals surface area contributed by atoms with Crippen molar-refractivity contribution in [2.45, 2.75) is 64.2 Å². The van der Waals surface area contributed by atoms with E-state index in [2.05, 4.69) is 10.6 Å². The molecular weight excluding hydrogens is 295 g/mol. The molecule has 1 amide bonds. The van der Waals surface area contributed by atoms with Crippen LogP contribution in [0.1, 0.15) is 50.2 Å². The molecule has 4 nitrogen and oxygen atoms in total. The zero-order valence-electron chi connectivity index (χ0n) is 13.7. The first kappa shape index (κ1) is 16.4. The monoisotopic (exact) mass is 320 g/mol. The van der Waals surface area contributed by atoms with Crippen molar-refractivity contribution in [1.29, 1.82) is 0 Å². The van der Waals surface area contributed by atoms with E-state index in [1.54, 1.807) is 6.07 Å². The average molecular weight is 320 g/mol. The number of nitrogens with one attached hydrogen (secondary N) is 2. The summed E-state index contributed by atoms with van der Waals surface area (Å²) in [5.74, 6) is -0.541. The second-order valence-corrected chi connectivity index (χ2v) is 6.42. The highest BCUT2D eigenvalue weighted by atomic mass is 19.1. The van der Waals surface area contributed by atoms with Gasteiger partial charge in [-0.2, -0.15) is 0 Å². The molecule has 3 rings (SSSR count). The molecule has 1 aliphatic heterocycles. The van der Waals surface area contributed by atoms with Crippen molar-refractivity contribution in [2.75, 3.05) is 11.9 Å². The van der Waals surface area contributed by atoms with Crippen molar-refractivity contribution in [3.8, 4) is 0 Å². The highest BCUT2D eigenvalue weighted by Gasteiger charge is 2.25. The Kier molecular flexibility index (Phi) is 5.28. The summed E-state index contributed by atoms with van der Waals surface area (Å²) in [5, 5.41) is 5.95. The summed E-state index contributed by atoms with van der Waals surface area (Å²) in [6.45, 7) is 3.38. The molecule has 2 aliphatic rings. The van der Waals surface area contributed by atoms with Gasteiger partial charge in [0.25, 0.3) is 5.91 Å². The Morgan fingerprint density at radius 1 is 1.43 bits per heavy atom. The summed E-state index contributed by atoms with van der Waals surface area (Å²) in [7, 11) is 0. The zero-order chi connectivity index (χ0) is 16.2. The fourth-order valence-corrected chi connectivity index (χ4v) is 3.44. The molecule has 0 bridgehead atoms. The predicted octanol–water partition coefficient (Wildman–Crippen LogP) is 3.15. The lowest BCUT2D eigenvalue weighted by Crippen LogP contribution is -2.33. The maximum Gasteiger partial charge on any atom is 0.253 e. The fourth-order valence-electron chi connectivity index (χ4n) is 3.44. The van der Waals surface area contributed by atoms with E-state index in [4.69, 9.17) is 4.74 Å². The molecule has 1 fully saturated rings. The van der Waals surface area contributed by atoms with Gasteiger partial charge in [-0.1, -0.05) is 25.8 Å². The zero-order valence-corrected chi connectivity index (χ0v) is 13.7. The summed E-state index contributed by atoms with van der Waals surface area (Å²) in [6, 6.07) is 3.54. The Hall–Kier alpha value is -1.46. The van der Waals surface area contributed by atoms with Crippen molar-refractivity contribution in [1.82, 2.24) is 5.32 Å². The molecule has 1 aliphatic carbocycles. The summed E-state index contributed by atoms with van der Waals surface area (Å²) >= 11 is 0. The second kappa shape index (κ2) is 7.41. The number of amides is 1. The highest BCUT2D eigenvalue weighted by molar-refractivity contribution is 5.94. The Labute approximate surface area is 136 Å². The first-order valence-electron chi connectivity index (χ1n) is 8.66. The van der Waals surface area contributed by atoms with E-state index in [1.165, 1.54) is 0 Å². The van der Waals surface area contributed by atoms with Crippen LogP contribution in [0.4, 0.5) is 10.1 Å². The van der Waals surface area contributed by atoms with E-state index in [0.717, 1.165) is 37.8 Å². The minimum atomic E-state index is -0.504. The van der Waals surface area contributed by atoms with Gasteiger partial charge in [0.15, 0.2) is 0 Å². The van der Waals surface area contributed by atoms with Crippen LogP contribution in [0, 0.1) is 5.82 Å². The average Bonchev–Trinajstić information content (AvgIpc) is 3.08. The van der Waals surface area contributed by atoms with Gasteiger partial charge in [-0.05, 0) is 49.4 Å². The minimum absolute atomic E-state index is 0.171. The fraction of sp³-hybridized carbons (Fsp3) is 0.611. The maximum absolute atomic E-state index is 14.6. The molecule has 5 heteroatoms. The second-order valence-electron chi connectivity index (χ2n) is 6.42. The number of fused-ring (bicyclic) bond motifs is 1. The lowest BCUT2D eigenvalue weighted by Gasteiger charge is -2.22. The Morgan fingerprint density at radius 3 is 2.96 bits per heavy atom. The molecule has 1 atom stereocenters. The van der Waals surface area contributed by atoms with Crippen LogP contribution in [-0.4, -0.2) is 24.7 Å². The number of carbonyl (C=O) groups is 1. The molecule has 1 aromatic carbocycles. The van der Waals surface area contributed by atoms with Crippen molar-refractivity contribution in [3.05, 3.63) is 29.1 Å². The molecule has 0 aromatic heterocycles. The molecule has 1 unspecified atom stereocenters. The number of benzene rings is 1. The van der Waals surface area contributed by atoms with E-state index in [9.17, 15) is 9.18 Å². The standard InChI is InChI=1S/C18H25FN2O2/c1-2-16(23-13-5-3-4-6-13)18(22)21-15-8-7-12-11-20-10-9-14(12)17(15)19/h7-8,13,16,20H,2-6,9-11H2,1H3,(H,21,22). The SMILES string of the molecule is CCC(OC1CCCC1)C(=O)Nc1ccc2c(c1F)CCNC2. The van der Waals surface area contributed by atoms with Gasteiger partial charge < -0.3 is 15.4 Å². The number of anilines is 1. The Balaban J connectivity index is 1.68. The molecule has 0 spiro atoms. The van der Waals surface area contributed by atoms with Crippen LogP contribution in [0.25, 0.3) is 0 Å². The lowest BCUT2D eigenvalue weighted by atomic mass is 9.99. The summed E-state index contributed by atoms with van der Waals surface area (Å²) in [5.41, 5.74) is 1.96. The molecular formula is C18H25FN2O2. The van der Waals surface area contributed by atoms with Gasteiger partial charge in [0.05, 0.1) is 11.8 Å². The van der Waals surface area contributed by atoms with E-state index in [1.807, 2.05) is 13.0 Å². The van der Waals surface area contributed by atoms with Gasteiger partial charge in [0.1, 0.15) is 11.9 Å². The molecule has 1 heterocycles. The van der Waals surface area contributed by atoms with Crippen LogP contribution in [0.2, 0.25) is 0 Å². The Morgan fingerprint density at radius 2 is 2.22 bits per heavy atom. The van der Waals surface area contributed by atoms with Crippen LogP contribution in [0.5, 0.6) is 0 Å². The molecule has 23 heavy (non-hydrogen) atoms. The topological polar surface area (TPSA) is 50.4 Å². The van der Waals surface area contributed by atoms with Gasteiger partial charge in [0, 0.05) is 6.54 Å².